The van der Waals surface area contributed by atoms with Gasteiger partial charge in [-0.25, -0.2) is 4.79 Å². The predicted molar refractivity (Wildman–Crippen MR) is 82.3 cm³/mol. The van der Waals surface area contributed by atoms with Gasteiger partial charge in [0.15, 0.2) is 0 Å². The molecule has 3 nitrogen and oxygen atoms in total. The standard InChI is InChI=1S/C14H9BrCl2O3/c1-2-5-19-14(18)13-4-3-12(20-13)8-6-11(17)9(15)7-10(8)16/h2-4,6-7H,1,5H2. The average molecular weight is 376 g/mol. The molecule has 104 valence electrons. The number of rotatable bonds is 4. The number of carbonyl (C=O) groups excluding carboxylic acids is 1. The molecule has 2 rings (SSSR count). The van der Waals surface area contributed by atoms with E-state index >= 15 is 0 Å². The number of halogens is 3. The zero-order valence-electron chi connectivity index (χ0n) is 10.2. The minimum absolute atomic E-state index is 0.0944. The lowest BCUT2D eigenvalue weighted by Gasteiger charge is -2.04. The van der Waals surface area contributed by atoms with Crippen molar-refractivity contribution in [3.05, 3.63) is 57.2 Å². The molecule has 0 bridgehead atoms. The summed E-state index contributed by atoms with van der Waals surface area (Å²) in [7, 11) is 0. The lowest BCUT2D eigenvalue weighted by Crippen LogP contribution is -2.03. The summed E-state index contributed by atoms with van der Waals surface area (Å²) in [6.45, 7) is 3.59. The molecule has 6 heteroatoms. The summed E-state index contributed by atoms with van der Waals surface area (Å²) in [5.41, 5.74) is 0.600. The van der Waals surface area contributed by atoms with Crippen molar-refractivity contribution in [2.24, 2.45) is 0 Å². The van der Waals surface area contributed by atoms with Crippen LogP contribution in [0, 0.1) is 0 Å². The van der Waals surface area contributed by atoms with Gasteiger partial charge in [0, 0.05) is 10.0 Å². The van der Waals surface area contributed by atoms with Crippen LogP contribution in [-0.4, -0.2) is 12.6 Å². The van der Waals surface area contributed by atoms with Crippen molar-refractivity contribution < 1.29 is 13.9 Å². The van der Waals surface area contributed by atoms with Crippen LogP contribution in [0.5, 0.6) is 0 Å². The monoisotopic (exact) mass is 374 g/mol. The zero-order chi connectivity index (χ0) is 14.7. The first-order valence-corrected chi connectivity index (χ1v) is 7.10. The van der Waals surface area contributed by atoms with E-state index in [1.165, 1.54) is 12.1 Å². The first-order chi connectivity index (χ1) is 9.52. The minimum Gasteiger partial charge on any atom is -0.456 e. The number of hydrogen-bond acceptors (Lipinski definition) is 3. The fraction of sp³-hybridized carbons (Fsp3) is 0.0714. The third-order valence-corrected chi connectivity index (χ3v) is 3.92. The van der Waals surface area contributed by atoms with Crippen molar-refractivity contribution in [1.82, 2.24) is 0 Å². The van der Waals surface area contributed by atoms with E-state index in [-0.39, 0.29) is 12.4 Å². The van der Waals surface area contributed by atoms with Crippen LogP contribution in [0.4, 0.5) is 0 Å². The van der Waals surface area contributed by atoms with Gasteiger partial charge in [-0.2, -0.15) is 0 Å². The van der Waals surface area contributed by atoms with Gasteiger partial charge < -0.3 is 9.15 Å². The number of carbonyl (C=O) groups is 1. The van der Waals surface area contributed by atoms with Gasteiger partial charge in [-0.15, -0.1) is 0 Å². The Morgan fingerprint density at radius 3 is 2.80 bits per heavy atom. The molecular formula is C14H9BrCl2O3. The Bertz CT molecular complexity index is 664. The van der Waals surface area contributed by atoms with E-state index in [2.05, 4.69) is 22.5 Å². The molecule has 0 unspecified atom stereocenters. The predicted octanol–water partition coefficient (Wildman–Crippen LogP) is 5.36. The Balaban J connectivity index is 2.31. The molecule has 0 aliphatic rings. The molecule has 20 heavy (non-hydrogen) atoms. The Hall–Kier alpha value is -1.23. The fourth-order valence-electron chi connectivity index (χ4n) is 1.51. The number of hydrogen-bond donors (Lipinski definition) is 0. The Morgan fingerprint density at radius 2 is 2.10 bits per heavy atom. The molecule has 0 saturated carbocycles. The van der Waals surface area contributed by atoms with Gasteiger partial charge in [0.05, 0.1) is 10.0 Å². The molecular weight excluding hydrogens is 367 g/mol. The second kappa shape index (κ2) is 6.48. The smallest absolute Gasteiger partial charge is 0.374 e. The van der Waals surface area contributed by atoms with Crippen LogP contribution in [0.2, 0.25) is 10.0 Å². The lowest BCUT2D eigenvalue weighted by atomic mass is 10.2. The quantitative estimate of drug-likeness (QED) is 0.410. The van der Waals surface area contributed by atoms with Crippen molar-refractivity contribution in [2.75, 3.05) is 6.61 Å². The molecule has 0 saturated heterocycles. The summed E-state index contributed by atoms with van der Waals surface area (Å²) in [5.74, 6) is -0.0256. The zero-order valence-corrected chi connectivity index (χ0v) is 13.3. The van der Waals surface area contributed by atoms with Gasteiger partial charge in [-0.1, -0.05) is 35.9 Å². The summed E-state index contributed by atoms with van der Waals surface area (Å²) < 4.78 is 11.0. The average Bonchev–Trinajstić information content (AvgIpc) is 2.89. The maximum atomic E-state index is 11.6. The fourth-order valence-corrected chi connectivity index (χ4v) is 2.41. The summed E-state index contributed by atoms with van der Waals surface area (Å²) in [6.07, 6.45) is 1.48. The summed E-state index contributed by atoms with van der Waals surface area (Å²) in [5, 5.41) is 0.957. The van der Waals surface area contributed by atoms with Crippen LogP contribution < -0.4 is 0 Å². The lowest BCUT2D eigenvalue weighted by molar-refractivity contribution is 0.0514. The van der Waals surface area contributed by atoms with Gasteiger partial charge in [0.25, 0.3) is 0 Å². The summed E-state index contributed by atoms with van der Waals surface area (Å²) >= 11 is 15.4. The van der Waals surface area contributed by atoms with Crippen molar-refractivity contribution in [1.29, 1.82) is 0 Å². The van der Waals surface area contributed by atoms with Crippen LogP contribution in [0.1, 0.15) is 10.6 Å². The number of furan rings is 1. The number of esters is 1. The molecule has 0 radical (unpaired) electrons. The second-order valence-corrected chi connectivity index (χ2v) is 5.47. The summed E-state index contributed by atoms with van der Waals surface area (Å²) in [6, 6.07) is 6.48. The van der Waals surface area contributed by atoms with E-state index in [9.17, 15) is 4.79 Å². The number of ether oxygens (including phenoxy) is 1. The second-order valence-electron chi connectivity index (χ2n) is 3.80. The first kappa shape index (κ1) is 15.2. The summed E-state index contributed by atoms with van der Waals surface area (Å²) in [4.78, 5) is 11.6. The van der Waals surface area contributed by atoms with E-state index in [4.69, 9.17) is 32.4 Å². The highest BCUT2D eigenvalue weighted by molar-refractivity contribution is 9.10. The Labute approximate surface area is 134 Å². The molecule has 1 heterocycles. The van der Waals surface area contributed by atoms with E-state index in [1.54, 1.807) is 18.2 Å². The highest BCUT2D eigenvalue weighted by atomic mass is 79.9. The van der Waals surface area contributed by atoms with E-state index in [0.717, 1.165) is 0 Å². The molecule has 2 aromatic rings. The maximum absolute atomic E-state index is 11.6. The van der Waals surface area contributed by atoms with E-state index in [1.807, 2.05) is 0 Å². The van der Waals surface area contributed by atoms with E-state index < -0.39 is 5.97 Å². The van der Waals surface area contributed by atoms with Crippen LogP contribution in [0.3, 0.4) is 0 Å². The third kappa shape index (κ3) is 3.26. The third-order valence-electron chi connectivity index (χ3n) is 2.41. The van der Waals surface area contributed by atoms with Gasteiger partial charge >= 0.3 is 5.97 Å². The van der Waals surface area contributed by atoms with E-state index in [0.29, 0.717) is 25.8 Å². The molecule has 0 spiro atoms. The van der Waals surface area contributed by atoms with Crippen molar-refractivity contribution in [2.45, 2.75) is 0 Å². The minimum atomic E-state index is -0.560. The van der Waals surface area contributed by atoms with Crippen LogP contribution in [-0.2, 0) is 4.74 Å². The highest BCUT2D eigenvalue weighted by Gasteiger charge is 2.16. The van der Waals surface area contributed by atoms with Crippen molar-refractivity contribution >= 4 is 45.1 Å². The Morgan fingerprint density at radius 1 is 1.35 bits per heavy atom. The molecule has 0 atom stereocenters. The molecule has 0 aliphatic heterocycles. The van der Waals surface area contributed by atoms with Gasteiger partial charge in [-0.3, -0.25) is 0 Å². The molecule has 1 aromatic carbocycles. The van der Waals surface area contributed by atoms with Crippen LogP contribution in [0.25, 0.3) is 11.3 Å². The van der Waals surface area contributed by atoms with Crippen LogP contribution >= 0.6 is 39.1 Å². The van der Waals surface area contributed by atoms with Crippen molar-refractivity contribution in [3.8, 4) is 11.3 Å². The van der Waals surface area contributed by atoms with Crippen molar-refractivity contribution in [3.63, 3.8) is 0 Å². The maximum Gasteiger partial charge on any atom is 0.374 e. The van der Waals surface area contributed by atoms with Gasteiger partial charge in [0.1, 0.15) is 12.4 Å². The molecule has 0 amide bonds. The molecule has 0 N–H and O–H groups in total. The highest BCUT2D eigenvalue weighted by Crippen LogP contribution is 2.36. The largest absolute Gasteiger partial charge is 0.456 e. The SMILES string of the molecule is C=CCOC(=O)c1ccc(-c2cc(Cl)c(Br)cc2Cl)o1. The van der Waals surface area contributed by atoms with Crippen LogP contribution in [0.15, 0.2) is 45.8 Å². The molecule has 0 aliphatic carbocycles. The Kier molecular flexibility index (Phi) is 4.91. The first-order valence-electron chi connectivity index (χ1n) is 5.55. The topological polar surface area (TPSA) is 39.4 Å². The van der Waals surface area contributed by atoms with Gasteiger partial charge in [-0.05, 0) is 40.2 Å². The molecule has 1 aromatic heterocycles. The normalized spacial score (nSPS) is 10.3. The molecule has 0 fully saturated rings. The number of benzene rings is 1. The van der Waals surface area contributed by atoms with Gasteiger partial charge in [0.2, 0.25) is 5.76 Å².